The Balaban J connectivity index is 1.56. The van der Waals surface area contributed by atoms with Gasteiger partial charge in [-0.05, 0) is 55.4 Å². The Morgan fingerprint density at radius 2 is 2.21 bits per heavy atom. The van der Waals surface area contributed by atoms with E-state index < -0.39 is 0 Å². The van der Waals surface area contributed by atoms with E-state index in [-0.39, 0.29) is 0 Å². The average molecular weight is 276 g/mol. The summed E-state index contributed by atoms with van der Waals surface area (Å²) in [5.74, 6) is 2.60. The molecule has 4 heteroatoms. The predicted octanol–water partition coefficient (Wildman–Crippen LogP) is 3.17. The molecule has 2 fully saturated rings. The standard InChI is InChI=1S/C15H20N2OS/c1-18-13-4-2-3-12(9-13)16-15(19)17-14-8-10-5-6-11(14)7-10/h2-4,9-11,14H,5-8H2,1H3,(H2,16,17,19)/t10-,11-,14-/m0/s1. The van der Waals surface area contributed by atoms with Crippen LogP contribution in [0.5, 0.6) is 5.75 Å². The van der Waals surface area contributed by atoms with E-state index in [0.717, 1.165) is 28.4 Å². The average Bonchev–Trinajstić information content (AvgIpc) is 3.01. The molecular weight excluding hydrogens is 256 g/mol. The number of hydrogen-bond acceptors (Lipinski definition) is 2. The summed E-state index contributed by atoms with van der Waals surface area (Å²) in [4.78, 5) is 0. The van der Waals surface area contributed by atoms with E-state index in [0.29, 0.717) is 6.04 Å². The molecule has 0 unspecified atom stereocenters. The molecule has 2 bridgehead atoms. The molecule has 1 aromatic carbocycles. The summed E-state index contributed by atoms with van der Waals surface area (Å²) in [7, 11) is 1.67. The van der Waals surface area contributed by atoms with Gasteiger partial charge in [0.05, 0.1) is 7.11 Å². The summed E-state index contributed by atoms with van der Waals surface area (Å²) in [6.45, 7) is 0. The maximum Gasteiger partial charge on any atom is 0.171 e. The summed E-state index contributed by atoms with van der Waals surface area (Å²) in [6, 6.07) is 8.41. The lowest BCUT2D eigenvalue weighted by molar-refractivity contribution is 0.392. The van der Waals surface area contributed by atoms with Crippen molar-refractivity contribution in [2.45, 2.75) is 31.7 Å². The zero-order valence-corrected chi connectivity index (χ0v) is 12.0. The molecule has 0 heterocycles. The highest BCUT2D eigenvalue weighted by atomic mass is 32.1. The Labute approximate surface area is 119 Å². The SMILES string of the molecule is COc1cccc(NC(=S)N[C@H]2C[C@H]3CC[C@H]2C3)c1. The quantitative estimate of drug-likeness (QED) is 0.831. The monoisotopic (exact) mass is 276 g/mol. The Bertz CT molecular complexity index is 477. The highest BCUT2D eigenvalue weighted by Crippen LogP contribution is 2.44. The summed E-state index contributed by atoms with van der Waals surface area (Å²) >= 11 is 5.40. The molecule has 2 aliphatic carbocycles. The molecular formula is C15H20N2OS. The van der Waals surface area contributed by atoms with E-state index in [1.165, 1.54) is 25.7 Å². The van der Waals surface area contributed by atoms with Crippen LogP contribution in [0.4, 0.5) is 5.69 Å². The van der Waals surface area contributed by atoms with Crippen LogP contribution in [0, 0.1) is 11.8 Å². The first-order valence-corrected chi connectivity index (χ1v) is 7.37. The van der Waals surface area contributed by atoms with Crippen molar-refractivity contribution in [1.29, 1.82) is 0 Å². The van der Waals surface area contributed by atoms with Gasteiger partial charge >= 0.3 is 0 Å². The van der Waals surface area contributed by atoms with E-state index in [1.54, 1.807) is 7.11 Å². The van der Waals surface area contributed by atoms with Crippen molar-refractivity contribution in [2.24, 2.45) is 11.8 Å². The first kappa shape index (κ1) is 12.7. The number of nitrogens with one attached hydrogen (secondary N) is 2. The van der Waals surface area contributed by atoms with E-state index in [4.69, 9.17) is 17.0 Å². The van der Waals surface area contributed by atoms with E-state index >= 15 is 0 Å². The molecule has 0 spiro atoms. The van der Waals surface area contributed by atoms with Crippen LogP contribution in [-0.4, -0.2) is 18.3 Å². The van der Waals surface area contributed by atoms with Gasteiger partial charge in [0.2, 0.25) is 0 Å². The summed E-state index contributed by atoms with van der Waals surface area (Å²) in [6.07, 6.45) is 5.45. The molecule has 0 aromatic heterocycles. The Hall–Kier alpha value is -1.29. The first-order valence-electron chi connectivity index (χ1n) is 6.96. The highest BCUT2D eigenvalue weighted by Gasteiger charge is 2.39. The van der Waals surface area contributed by atoms with Gasteiger partial charge in [-0.25, -0.2) is 0 Å². The molecule has 0 radical (unpaired) electrons. The van der Waals surface area contributed by atoms with Gasteiger partial charge in [-0.2, -0.15) is 0 Å². The zero-order valence-electron chi connectivity index (χ0n) is 11.2. The first-order chi connectivity index (χ1) is 9.24. The van der Waals surface area contributed by atoms with Crippen molar-refractivity contribution in [2.75, 3.05) is 12.4 Å². The third kappa shape index (κ3) is 2.84. The van der Waals surface area contributed by atoms with Gasteiger partial charge in [-0.3, -0.25) is 0 Å². The van der Waals surface area contributed by atoms with Crippen molar-refractivity contribution < 1.29 is 4.74 Å². The fraction of sp³-hybridized carbons (Fsp3) is 0.533. The van der Waals surface area contributed by atoms with Gasteiger partial charge in [-0.1, -0.05) is 12.5 Å². The van der Waals surface area contributed by atoms with Gasteiger partial charge in [0.15, 0.2) is 5.11 Å². The molecule has 3 atom stereocenters. The van der Waals surface area contributed by atoms with Gasteiger partial charge in [0.25, 0.3) is 0 Å². The highest BCUT2D eigenvalue weighted by molar-refractivity contribution is 7.80. The maximum atomic E-state index is 5.40. The van der Waals surface area contributed by atoms with Crippen molar-refractivity contribution in [1.82, 2.24) is 5.32 Å². The van der Waals surface area contributed by atoms with Crippen LogP contribution in [0.15, 0.2) is 24.3 Å². The fourth-order valence-electron chi connectivity index (χ4n) is 3.46. The lowest BCUT2D eigenvalue weighted by Crippen LogP contribution is -2.40. The third-order valence-electron chi connectivity index (χ3n) is 4.38. The van der Waals surface area contributed by atoms with Crippen molar-refractivity contribution in [3.63, 3.8) is 0 Å². The molecule has 0 saturated heterocycles. The number of anilines is 1. The summed E-state index contributed by atoms with van der Waals surface area (Å²) in [5, 5.41) is 7.45. The van der Waals surface area contributed by atoms with Crippen LogP contribution in [0.2, 0.25) is 0 Å². The number of thiocarbonyl (C=S) groups is 1. The Morgan fingerprint density at radius 1 is 1.32 bits per heavy atom. The number of benzene rings is 1. The minimum atomic E-state index is 0.573. The number of ether oxygens (including phenoxy) is 1. The predicted molar refractivity (Wildman–Crippen MR) is 81.6 cm³/mol. The van der Waals surface area contributed by atoms with Crippen LogP contribution >= 0.6 is 12.2 Å². The molecule has 2 saturated carbocycles. The Morgan fingerprint density at radius 3 is 2.89 bits per heavy atom. The summed E-state index contributed by atoms with van der Waals surface area (Å²) in [5.41, 5.74) is 0.972. The summed E-state index contributed by atoms with van der Waals surface area (Å²) < 4.78 is 5.21. The van der Waals surface area contributed by atoms with Crippen LogP contribution in [-0.2, 0) is 0 Å². The van der Waals surface area contributed by atoms with Crippen molar-refractivity contribution >= 4 is 23.0 Å². The van der Waals surface area contributed by atoms with Crippen molar-refractivity contribution in [3.05, 3.63) is 24.3 Å². The van der Waals surface area contributed by atoms with Gasteiger partial charge < -0.3 is 15.4 Å². The van der Waals surface area contributed by atoms with Gasteiger partial charge in [-0.15, -0.1) is 0 Å². The zero-order chi connectivity index (χ0) is 13.2. The second-order valence-corrected chi connectivity index (χ2v) is 6.02. The van der Waals surface area contributed by atoms with Crippen LogP contribution in [0.3, 0.4) is 0 Å². The smallest absolute Gasteiger partial charge is 0.171 e. The molecule has 3 nitrogen and oxygen atoms in total. The minimum absolute atomic E-state index is 0.573. The van der Waals surface area contributed by atoms with E-state index in [2.05, 4.69) is 10.6 Å². The van der Waals surface area contributed by atoms with Crippen LogP contribution in [0.25, 0.3) is 0 Å². The second kappa shape index (κ2) is 5.37. The molecule has 3 rings (SSSR count). The van der Waals surface area contributed by atoms with Gasteiger partial charge in [0, 0.05) is 17.8 Å². The molecule has 0 amide bonds. The van der Waals surface area contributed by atoms with E-state index in [9.17, 15) is 0 Å². The number of fused-ring (bicyclic) bond motifs is 2. The molecule has 2 aliphatic rings. The molecule has 0 aliphatic heterocycles. The van der Waals surface area contributed by atoms with Gasteiger partial charge in [0.1, 0.15) is 5.75 Å². The molecule has 1 aromatic rings. The molecule has 2 N–H and O–H groups in total. The largest absolute Gasteiger partial charge is 0.497 e. The number of hydrogen-bond donors (Lipinski definition) is 2. The lowest BCUT2D eigenvalue weighted by Gasteiger charge is -2.24. The fourth-order valence-corrected chi connectivity index (χ4v) is 3.73. The number of rotatable bonds is 3. The van der Waals surface area contributed by atoms with Crippen LogP contribution in [0.1, 0.15) is 25.7 Å². The molecule has 102 valence electrons. The maximum absolute atomic E-state index is 5.40. The van der Waals surface area contributed by atoms with Crippen molar-refractivity contribution in [3.8, 4) is 5.75 Å². The third-order valence-corrected chi connectivity index (χ3v) is 4.60. The normalized spacial score (nSPS) is 28.2. The minimum Gasteiger partial charge on any atom is -0.497 e. The molecule has 19 heavy (non-hydrogen) atoms. The number of methoxy groups -OCH3 is 1. The Kier molecular flexibility index (Phi) is 3.60. The van der Waals surface area contributed by atoms with E-state index in [1.807, 2.05) is 24.3 Å². The van der Waals surface area contributed by atoms with Crippen LogP contribution < -0.4 is 15.4 Å². The topological polar surface area (TPSA) is 33.3 Å². The second-order valence-electron chi connectivity index (χ2n) is 5.61. The lowest BCUT2D eigenvalue weighted by atomic mass is 9.96.